The highest BCUT2D eigenvalue weighted by Gasteiger charge is 2.36. The van der Waals surface area contributed by atoms with Gasteiger partial charge in [0.05, 0.1) is 6.42 Å². The summed E-state index contributed by atoms with van der Waals surface area (Å²) < 4.78 is 82.1. The summed E-state index contributed by atoms with van der Waals surface area (Å²) in [5.41, 5.74) is -1.04. The highest BCUT2D eigenvalue weighted by Crippen LogP contribution is 2.28. The van der Waals surface area contributed by atoms with Crippen LogP contribution in [0.25, 0.3) is 0 Å². The maximum absolute atomic E-state index is 13.7. The third-order valence-electron chi connectivity index (χ3n) is 2.73. The number of halogens is 5. The fourth-order valence-electron chi connectivity index (χ4n) is 1.80. The number of benzene rings is 1. The molecule has 0 aliphatic heterocycles. The summed E-state index contributed by atoms with van der Waals surface area (Å²) in [6, 6.07) is 0. The second-order valence-corrected chi connectivity index (χ2v) is 4.39. The normalized spacial score (nSPS) is 12.1. The molecule has 0 atom stereocenters. The Hall–Kier alpha value is -1.03. The molecule has 0 bridgehead atoms. The average Bonchev–Trinajstić information content (AvgIpc) is 2.48. The second-order valence-electron chi connectivity index (χ2n) is 3.98. The van der Waals surface area contributed by atoms with Gasteiger partial charge >= 0.3 is 0 Å². The van der Waals surface area contributed by atoms with Gasteiger partial charge in [0.1, 0.15) is 0 Å². The van der Waals surface area contributed by atoms with Crippen LogP contribution in [0, 0.1) is 29.1 Å². The Bertz CT molecular complexity index is 477. The van der Waals surface area contributed by atoms with E-state index in [1.54, 1.807) is 13.8 Å². The minimum absolute atomic E-state index is 0.0671. The molecule has 0 saturated carbocycles. The Morgan fingerprint density at radius 2 is 1.19 bits per heavy atom. The molecule has 0 radical (unpaired) electrons. The van der Waals surface area contributed by atoms with Gasteiger partial charge in [-0.05, 0) is 13.8 Å². The first kappa shape index (κ1) is 18.0. The minimum Gasteiger partial charge on any atom is -0.380 e. The van der Waals surface area contributed by atoms with Crippen LogP contribution in [-0.4, -0.2) is 29.7 Å². The van der Waals surface area contributed by atoms with E-state index >= 15 is 0 Å². The third-order valence-corrected chi connectivity index (χ3v) is 3.36. The second kappa shape index (κ2) is 7.30. The lowest BCUT2D eigenvalue weighted by atomic mass is 10.1. The van der Waals surface area contributed by atoms with Crippen LogP contribution in [0.15, 0.2) is 0 Å². The quantitative estimate of drug-likeness (QED) is 0.251. The third kappa shape index (κ3) is 3.60. The van der Waals surface area contributed by atoms with Gasteiger partial charge in [0.2, 0.25) is 5.82 Å². The van der Waals surface area contributed by atoms with E-state index in [0.29, 0.717) is 0 Å². The summed E-state index contributed by atoms with van der Waals surface area (Å²) in [6.07, 6.45) is -0.760. The van der Waals surface area contributed by atoms with Crippen molar-refractivity contribution in [2.24, 2.45) is 0 Å². The standard InChI is InChI=1S/C12H15F5O3Si/c1-3-18-12(20-21,19-4-2)5-6-7(13)9(15)11(17)10(16)8(6)14/h3-5H2,1-2,21H3. The topological polar surface area (TPSA) is 27.7 Å². The fourth-order valence-corrected chi connectivity index (χ4v) is 2.18. The predicted molar refractivity (Wildman–Crippen MR) is 66.9 cm³/mol. The zero-order valence-electron chi connectivity index (χ0n) is 11.7. The Morgan fingerprint density at radius 1 is 0.810 bits per heavy atom. The van der Waals surface area contributed by atoms with E-state index in [0.717, 1.165) is 0 Å². The van der Waals surface area contributed by atoms with Crippen molar-refractivity contribution in [1.29, 1.82) is 0 Å². The smallest absolute Gasteiger partial charge is 0.277 e. The molecule has 0 unspecified atom stereocenters. The van der Waals surface area contributed by atoms with Crippen molar-refractivity contribution in [2.45, 2.75) is 26.2 Å². The van der Waals surface area contributed by atoms with Crippen LogP contribution < -0.4 is 0 Å². The maximum atomic E-state index is 13.7. The number of ether oxygens (including phenoxy) is 2. The summed E-state index contributed by atoms with van der Waals surface area (Å²) in [6.45, 7) is 3.29. The highest BCUT2D eigenvalue weighted by molar-refractivity contribution is 5.98. The van der Waals surface area contributed by atoms with E-state index in [-0.39, 0.29) is 23.7 Å². The van der Waals surface area contributed by atoms with Crippen molar-refractivity contribution < 1.29 is 35.9 Å². The van der Waals surface area contributed by atoms with Crippen LogP contribution in [0.1, 0.15) is 19.4 Å². The number of hydrogen-bond donors (Lipinski definition) is 0. The van der Waals surface area contributed by atoms with E-state index < -0.39 is 47.0 Å². The molecule has 120 valence electrons. The maximum Gasteiger partial charge on any atom is 0.277 e. The Kier molecular flexibility index (Phi) is 6.26. The first-order chi connectivity index (χ1) is 9.83. The largest absolute Gasteiger partial charge is 0.380 e. The molecule has 0 aliphatic carbocycles. The van der Waals surface area contributed by atoms with E-state index in [1.807, 2.05) is 0 Å². The molecule has 0 N–H and O–H groups in total. The molecule has 0 heterocycles. The summed E-state index contributed by atoms with van der Waals surface area (Å²) in [5.74, 6) is -12.0. The van der Waals surface area contributed by atoms with Crippen molar-refractivity contribution in [2.75, 3.05) is 13.2 Å². The molecular weight excluding hydrogens is 315 g/mol. The van der Waals surface area contributed by atoms with Gasteiger partial charge in [-0.1, -0.05) is 0 Å². The molecule has 0 spiro atoms. The molecule has 1 aromatic rings. The predicted octanol–water partition coefficient (Wildman–Crippen LogP) is 1.95. The fraction of sp³-hybridized carbons (Fsp3) is 0.500. The zero-order valence-corrected chi connectivity index (χ0v) is 13.7. The zero-order chi connectivity index (χ0) is 16.2. The minimum atomic E-state index is -2.21. The molecule has 9 heteroatoms. The first-order valence-corrected chi connectivity index (χ1v) is 6.98. The van der Waals surface area contributed by atoms with Crippen LogP contribution in [-0.2, 0) is 20.3 Å². The summed E-state index contributed by atoms with van der Waals surface area (Å²) in [7, 11) is 0.0693. The summed E-state index contributed by atoms with van der Waals surface area (Å²) >= 11 is 0. The van der Waals surface area contributed by atoms with Crippen molar-refractivity contribution in [3.05, 3.63) is 34.6 Å². The van der Waals surface area contributed by atoms with Crippen molar-refractivity contribution in [1.82, 2.24) is 0 Å². The van der Waals surface area contributed by atoms with Crippen LogP contribution in [0.4, 0.5) is 22.0 Å². The highest BCUT2D eigenvalue weighted by atomic mass is 28.2. The molecule has 0 fully saturated rings. The van der Waals surface area contributed by atoms with Crippen LogP contribution in [0.3, 0.4) is 0 Å². The molecule has 1 aromatic carbocycles. The molecular formula is C12H15F5O3Si. The van der Waals surface area contributed by atoms with E-state index in [2.05, 4.69) is 0 Å². The molecule has 21 heavy (non-hydrogen) atoms. The van der Waals surface area contributed by atoms with Gasteiger partial charge in [0, 0.05) is 18.8 Å². The van der Waals surface area contributed by atoms with Gasteiger partial charge in [0.25, 0.3) is 5.97 Å². The van der Waals surface area contributed by atoms with E-state index in [9.17, 15) is 22.0 Å². The van der Waals surface area contributed by atoms with Crippen molar-refractivity contribution in [3.63, 3.8) is 0 Å². The monoisotopic (exact) mass is 330 g/mol. The SMILES string of the molecule is CCOC(Cc1c(F)c(F)c(F)c(F)c1F)(O[SiH3])OCC. The van der Waals surface area contributed by atoms with Crippen LogP contribution in [0.5, 0.6) is 0 Å². The molecule has 1 rings (SSSR count). The van der Waals surface area contributed by atoms with Gasteiger partial charge in [-0.2, -0.15) is 0 Å². The lowest BCUT2D eigenvalue weighted by molar-refractivity contribution is -0.339. The summed E-state index contributed by atoms with van der Waals surface area (Å²) in [4.78, 5) is 0. The molecule has 0 saturated heterocycles. The van der Waals surface area contributed by atoms with Gasteiger partial charge < -0.3 is 13.9 Å². The van der Waals surface area contributed by atoms with Crippen LogP contribution >= 0.6 is 0 Å². The summed E-state index contributed by atoms with van der Waals surface area (Å²) in [5, 5.41) is 0. The van der Waals surface area contributed by atoms with Gasteiger partial charge in [-0.25, -0.2) is 22.0 Å². The molecule has 0 aliphatic rings. The van der Waals surface area contributed by atoms with Crippen molar-refractivity contribution in [3.8, 4) is 0 Å². The lowest BCUT2D eigenvalue weighted by Gasteiger charge is -2.32. The van der Waals surface area contributed by atoms with Crippen molar-refractivity contribution >= 4 is 10.5 Å². The van der Waals surface area contributed by atoms with Crippen LogP contribution in [0.2, 0.25) is 0 Å². The van der Waals surface area contributed by atoms with Gasteiger partial charge in [-0.15, -0.1) is 0 Å². The molecule has 0 amide bonds. The lowest BCUT2D eigenvalue weighted by Crippen LogP contribution is -2.42. The van der Waals surface area contributed by atoms with E-state index in [4.69, 9.17) is 13.9 Å². The molecule has 0 aromatic heterocycles. The van der Waals surface area contributed by atoms with Gasteiger partial charge in [0.15, 0.2) is 33.8 Å². The Morgan fingerprint density at radius 3 is 1.52 bits per heavy atom. The van der Waals surface area contributed by atoms with Gasteiger partial charge in [-0.3, -0.25) is 0 Å². The number of hydrogen-bond acceptors (Lipinski definition) is 3. The molecule has 3 nitrogen and oxygen atoms in total. The van der Waals surface area contributed by atoms with E-state index in [1.165, 1.54) is 0 Å². The average molecular weight is 330 g/mol. The first-order valence-electron chi connectivity index (χ1n) is 6.16. The number of rotatable bonds is 7. The Labute approximate surface area is 121 Å². The Balaban J connectivity index is 3.33.